The van der Waals surface area contributed by atoms with Crippen LogP contribution in [-0.2, 0) is 14.3 Å². The molecule has 0 aromatic carbocycles. The lowest BCUT2D eigenvalue weighted by Crippen LogP contribution is -2.60. The van der Waals surface area contributed by atoms with Crippen LogP contribution < -0.4 is 0 Å². The minimum Gasteiger partial charge on any atom is -0.462 e. The molecule has 7 atom stereocenters. The summed E-state index contributed by atoms with van der Waals surface area (Å²) < 4.78 is 12.0. The van der Waals surface area contributed by atoms with Crippen molar-refractivity contribution in [3.05, 3.63) is 0 Å². The molecule has 0 radical (unpaired) electrons. The molecular weight excluding hydrogens is 360 g/mol. The van der Waals surface area contributed by atoms with E-state index in [0.717, 1.165) is 25.7 Å². The summed E-state index contributed by atoms with van der Waals surface area (Å²) in [6.45, 7) is 9.70. The van der Waals surface area contributed by atoms with E-state index in [-0.39, 0.29) is 46.9 Å². The molecule has 3 rings (SSSR count). The van der Waals surface area contributed by atoms with Gasteiger partial charge in [0.25, 0.3) is 0 Å². The van der Waals surface area contributed by atoms with Gasteiger partial charge in [-0.1, -0.05) is 6.92 Å². The Balaban J connectivity index is 1.93. The number of carbonyl (C=O) groups is 1. The highest BCUT2D eigenvalue weighted by Crippen LogP contribution is 2.67. The highest BCUT2D eigenvalue weighted by molar-refractivity contribution is 5.66. The molecule has 0 unspecified atom stereocenters. The van der Waals surface area contributed by atoms with E-state index in [2.05, 4.69) is 13.8 Å². The molecule has 3 fully saturated rings. The van der Waals surface area contributed by atoms with Crippen LogP contribution in [0.25, 0.3) is 0 Å². The Hall–Kier alpha value is -0.690. The summed E-state index contributed by atoms with van der Waals surface area (Å²) >= 11 is 0. The second-order valence-corrected chi connectivity index (χ2v) is 10.5. The molecule has 28 heavy (non-hydrogen) atoms. The predicted molar refractivity (Wildman–Crippen MR) is 105 cm³/mol. The van der Waals surface area contributed by atoms with Gasteiger partial charge in [0.05, 0.1) is 23.9 Å². The summed E-state index contributed by atoms with van der Waals surface area (Å²) in [7, 11) is 0. The second kappa shape index (κ2) is 7.22. The van der Waals surface area contributed by atoms with Crippen molar-refractivity contribution >= 4 is 5.97 Å². The van der Waals surface area contributed by atoms with Gasteiger partial charge >= 0.3 is 5.97 Å². The van der Waals surface area contributed by atoms with Gasteiger partial charge in [0.2, 0.25) is 0 Å². The number of rotatable bonds is 6. The summed E-state index contributed by atoms with van der Waals surface area (Å²) in [4.78, 5) is 11.8. The Kier molecular flexibility index (Phi) is 5.68. The molecule has 6 nitrogen and oxygen atoms in total. The van der Waals surface area contributed by atoms with Crippen LogP contribution in [0.3, 0.4) is 0 Å². The quantitative estimate of drug-likeness (QED) is 0.595. The largest absolute Gasteiger partial charge is 0.462 e. The lowest BCUT2D eigenvalue weighted by molar-refractivity contribution is -0.187. The molecule has 0 aromatic heterocycles. The van der Waals surface area contributed by atoms with Crippen LogP contribution in [0, 0.1) is 22.7 Å². The van der Waals surface area contributed by atoms with Gasteiger partial charge in [-0.2, -0.15) is 0 Å². The molecule has 6 heteroatoms. The maximum absolute atomic E-state index is 11.8. The fourth-order valence-corrected chi connectivity index (χ4v) is 6.68. The second-order valence-electron chi connectivity index (χ2n) is 10.5. The molecule has 3 N–H and O–H groups in total. The summed E-state index contributed by atoms with van der Waals surface area (Å²) in [6, 6.07) is 0. The topological polar surface area (TPSA) is 96.2 Å². The maximum atomic E-state index is 11.8. The Labute approximate surface area is 168 Å². The van der Waals surface area contributed by atoms with E-state index in [4.69, 9.17) is 9.47 Å². The molecule has 162 valence electrons. The Morgan fingerprint density at radius 2 is 1.96 bits per heavy atom. The number of hydrogen-bond donors (Lipinski definition) is 3. The van der Waals surface area contributed by atoms with Gasteiger partial charge < -0.3 is 24.8 Å². The lowest BCUT2D eigenvalue weighted by Gasteiger charge is -2.60. The maximum Gasteiger partial charge on any atom is 0.302 e. The molecular formula is C22H38O6. The van der Waals surface area contributed by atoms with Gasteiger partial charge in [0.15, 0.2) is 0 Å². The van der Waals surface area contributed by atoms with Crippen LogP contribution in [-0.4, -0.2) is 57.9 Å². The van der Waals surface area contributed by atoms with Gasteiger partial charge in [0.1, 0.15) is 6.10 Å². The van der Waals surface area contributed by atoms with Crippen molar-refractivity contribution in [3.63, 3.8) is 0 Å². The molecule has 3 aliphatic rings. The molecule has 1 heterocycles. The normalized spacial score (nSPS) is 44.1. The SMILES string of the molecule is CC(=O)O[C@H]1CC[C@@]23CO[C@](C)(CC[C@H]2[C@]1(C)CC[C@H](O)C(C)(C)O)[C@@H]3CO. The zero-order valence-corrected chi connectivity index (χ0v) is 18.0. The van der Waals surface area contributed by atoms with E-state index in [0.29, 0.717) is 19.4 Å². The fourth-order valence-electron chi connectivity index (χ4n) is 6.68. The average molecular weight is 399 g/mol. The lowest BCUT2D eigenvalue weighted by atomic mass is 9.44. The van der Waals surface area contributed by atoms with E-state index in [1.807, 2.05) is 0 Å². The van der Waals surface area contributed by atoms with Crippen LogP contribution in [0.2, 0.25) is 0 Å². The number of aliphatic hydroxyl groups is 3. The molecule has 2 bridgehead atoms. The van der Waals surface area contributed by atoms with E-state index in [1.54, 1.807) is 13.8 Å². The number of hydrogen-bond acceptors (Lipinski definition) is 6. The first-order valence-corrected chi connectivity index (χ1v) is 10.7. The molecule has 1 spiro atoms. The number of fused-ring (bicyclic) bond motifs is 1. The smallest absolute Gasteiger partial charge is 0.302 e. The molecule has 0 aromatic rings. The van der Waals surface area contributed by atoms with Crippen molar-refractivity contribution in [2.75, 3.05) is 13.2 Å². The highest BCUT2D eigenvalue weighted by atomic mass is 16.5. The Bertz CT molecular complexity index is 600. The molecule has 2 aliphatic carbocycles. The Morgan fingerprint density at radius 3 is 2.54 bits per heavy atom. The third kappa shape index (κ3) is 3.40. The number of aliphatic hydroxyl groups excluding tert-OH is 2. The number of esters is 1. The fraction of sp³-hybridized carbons (Fsp3) is 0.955. The predicted octanol–water partition coefficient (Wildman–Crippen LogP) is 2.42. The first-order chi connectivity index (χ1) is 12.9. The van der Waals surface area contributed by atoms with Crippen molar-refractivity contribution in [2.24, 2.45) is 22.7 Å². The molecule has 1 aliphatic heterocycles. The zero-order valence-electron chi connectivity index (χ0n) is 18.0. The highest BCUT2D eigenvalue weighted by Gasteiger charge is 2.68. The third-order valence-electron chi connectivity index (χ3n) is 8.39. The van der Waals surface area contributed by atoms with E-state index in [9.17, 15) is 20.1 Å². The standard InChI is InChI=1S/C22H38O6/c1-14(24)28-18-8-11-22-13-27-21(5,16(22)12-23)10-6-15(22)20(18,4)9-7-17(25)19(2,3)26/h15-18,23,25-26H,6-13H2,1-5H3/t15-,16-,17-,18-,20-,21+,22+/m0/s1. The van der Waals surface area contributed by atoms with Crippen molar-refractivity contribution in [1.29, 1.82) is 0 Å². The number of ether oxygens (including phenoxy) is 2. The minimum absolute atomic E-state index is 0.0792. The van der Waals surface area contributed by atoms with E-state index < -0.39 is 11.7 Å². The van der Waals surface area contributed by atoms with Crippen LogP contribution in [0.5, 0.6) is 0 Å². The van der Waals surface area contributed by atoms with Crippen LogP contribution in [0.1, 0.15) is 73.1 Å². The van der Waals surface area contributed by atoms with E-state index in [1.165, 1.54) is 6.92 Å². The Morgan fingerprint density at radius 1 is 1.29 bits per heavy atom. The van der Waals surface area contributed by atoms with Gasteiger partial charge in [0, 0.05) is 30.3 Å². The van der Waals surface area contributed by atoms with Gasteiger partial charge in [-0.3, -0.25) is 4.79 Å². The van der Waals surface area contributed by atoms with Crippen LogP contribution in [0.15, 0.2) is 0 Å². The number of carbonyl (C=O) groups excluding carboxylic acids is 1. The molecule has 1 saturated heterocycles. The zero-order chi connectivity index (χ0) is 21.0. The summed E-state index contributed by atoms with van der Waals surface area (Å²) in [5.41, 5.74) is -1.91. The first-order valence-electron chi connectivity index (χ1n) is 10.7. The summed E-state index contributed by atoms with van der Waals surface area (Å²) in [5.74, 6) is 0.0348. The van der Waals surface area contributed by atoms with Gasteiger partial charge in [-0.05, 0) is 65.2 Å². The third-order valence-corrected chi connectivity index (χ3v) is 8.39. The van der Waals surface area contributed by atoms with Crippen molar-refractivity contribution in [3.8, 4) is 0 Å². The van der Waals surface area contributed by atoms with Gasteiger partial charge in [-0.15, -0.1) is 0 Å². The van der Waals surface area contributed by atoms with E-state index >= 15 is 0 Å². The van der Waals surface area contributed by atoms with Crippen molar-refractivity contribution in [2.45, 2.75) is 96.6 Å². The van der Waals surface area contributed by atoms with Crippen LogP contribution >= 0.6 is 0 Å². The summed E-state index contributed by atoms with van der Waals surface area (Å²) in [6.07, 6.45) is 3.47. The van der Waals surface area contributed by atoms with Crippen molar-refractivity contribution in [1.82, 2.24) is 0 Å². The summed E-state index contributed by atoms with van der Waals surface area (Å²) in [5, 5.41) is 30.9. The monoisotopic (exact) mass is 398 g/mol. The average Bonchev–Trinajstić information content (AvgIpc) is 2.76. The minimum atomic E-state index is -1.17. The van der Waals surface area contributed by atoms with Gasteiger partial charge in [-0.25, -0.2) is 0 Å². The van der Waals surface area contributed by atoms with Crippen LogP contribution in [0.4, 0.5) is 0 Å². The first kappa shape index (κ1) is 22.0. The molecule has 0 amide bonds. The molecule has 2 saturated carbocycles. The van der Waals surface area contributed by atoms with Crippen molar-refractivity contribution < 1.29 is 29.6 Å².